The Morgan fingerprint density at radius 2 is 1.24 bits per heavy atom. The SMILES string of the molecule is CC1=C(C)C(C)([Si](Cl)(Cl)C2N(c3c(C(C)C)cccc3C(C)C)C(C)(C)CC2(C)C)C(C)=C1C. The molecule has 34 heavy (non-hydrogen) atoms. The van der Waals surface area contributed by atoms with Gasteiger partial charge in [0.25, 0.3) is 6.69 Å². The fourth-order valence-corrected chi connectivity index (χ4v) is 15.1. The molecule has 1 nitrogen and oxygen atoms in total. The summed E-state index contributed by atoms with van der Waals surface area (Å²) in [5.74, 6) is 0.843. The smallest absolute Gasteiger partial charge is 0.286 e. The Labute approximate surface area is 220 Å². The van der Waals surface area contributed by atoms with Crippen molar-refractivity contribution in [2.45, 2.75) is 125 Å². The molecule has 1 atom stereocenters. The van der Waals surface area contributed by atoms with Gasteiger partial charge in [0.2, 0.25) is 0 Å². The quantitative estimate of drug-likeness (QED) is 0.276. The summed E-state index contributed by atoms with van der Waals surface area (Å²) in [5, 5.41) is -0.296. The van der Waals surface area contributed by atoms with Gasteiger partial charge in [0.05, 0.1) is 5.67 Å². The van der Waals surface area contributed by atoms with Gasteiger partial charge in [-0.15, -0.1) is 22.2 Å². The third kappa shape index (κ3) is 3.86. The molecule has 0 aromatic heterocycles. The molecule has 1 fully saturated rings. The second kappa shape index (κ2) is 8.70. The number of benzene rings is 1. The molecule has 1 unspecified atom stereocenters. The van der Waals surface area contributed by atoms with Gasteiger partial charge >= 0.3 is 0 Å². The van der Waals surface area contributed by atoms with Gasteiger partial charge in [0.1, 0.15) is 0 Å². The van der Waals surface area contributed by atoms with Crippen LogP contribution in [0.25, 0.3) is 0 Å². The van der Waals surface area contributed by atoms with E-state index in [-0.39, 0.29) is 21.7 Å². The predicted molar refractivity (Wildman–Crippen MR) is 156 cm³/mol. The zero-order valence-corrected chi connectivity index (χ0v) is 26.4. The summed E-state index contributed by atoms with van der Waals surface area (Å²) in [6.45, 7) is 27.2. The van der Waals surface area contributed by atoms with E-state index in [1.807, 2.05) is 0 Å². The van der Waals surface area contributed by atoms with E-state index < -0.39 is 6.69 Å². The summed E-state index contributed by atoms with van der Waals surface area (Å²) >= 11 is 15.8. The van der Waals surface area contributed by atoms with Gasteiger partial charge in [-0.05, 0) is 87.5 Å². The van der Waals surface area contributed by atoms with Crippen molar-refractivity contribution in [1.29, 1.82) is 0 Å². The van der Waals surface area contributed by atoms with Crippen molar-refractivity contribution >= 4 is 34.5 Å². The van der Waals surface area contributed by atoms with Gasteiger partial charge in [-0.25, -0.2) is 0 Å². The van der Waals surface area contributed by atoms with Crippen LogP contribution >= 0.6 is 22.2 Å². The van der Waals surface area contributed by atoms with E-state index in [4.69, 9.17) is 22.2 Å². The maximum Gasteiger partial charge on any atom is 0.286 e. The molecule has 3 rings (SSSR count). The molecule has 0 saturated carbocycles. The molecule has 190 valence electrons. The molecule has 1 saturated heterocycles. The zero-order chi connectivity index (χ0) is 26.2. The predicted octanol–water partition coefficient (Wildman–Crippen LogP) is 10.2. The van der Waals surface area contributed by atoms with E-state index >= 15 is 0 Å². The summed E-state index contributed by atoms with van der Waals surface area (Å²) in [6, 6.07) is 6.87. The van der Waals surface area contributed by atoms with Gasteiger partial charge in [0.15, 0.2) is 0 Å². The van der Waals surface area contributed by atoms with Gasteiger partial charge in [-0.1, -0.05) is 77.8 Å². The maximum absolute atomic E-state index is 7.92. The first kappa shape index (κ1) is 27.9. The number of nitrogens with zero attached hydrogens (tertiary/aromatic N) is 1. The van der Waals surface area contributed by atoms with Crippen molar-refractivity contribution in [3.05, 3.63) is 51.6 Å². The van der Waals surface area contributed by atoms with Crippen LogP contribution in [0.5, 0.6) is 0 Å². The number of hydrogen-bond donors (Lipinski definition) is 0. The average Bonchev–Trinajstić information content (AvgIpc) is 3.01. The molecule has 4 heteroatoms. The van der Waals surface area contributed by atoms with Crippen LogP contribution in [0.4, 0.5) is 5.69 Å². The van der Waals surface area contributed by atoms with Crippen LogP contribution in [0.15, 0.2) is 40.5 Å². The molecule has 0 radical (unpaired) electrons. The van der Waals surface area contributed by atoms with Crippen LogP contribution in [0.2, 0.25) is 5.04 Å². The Balaban J connectivity index is 2.39. The fourth-order valence-electron chi connectivity index (χ4n) is 7.24. The van der Waals surface area contributed by atoms with Gasteiger partial charge in [-0.2, -0.15) is 0 Å². The number of hydrogen-bond acceptors (Lipinski definition) is 1. The number of allylic oxidation sites excluding steroid dienone is 4. The van der Waals surface area contributed by atoms with E-state index in [1.165, 1.54) is 39.1 Å². The Morgan fingerprint density at radius 1 is 0.824 bits per heavy atom. The molecule has 0 bridgehead atoms. The van der Waals surface area contributed by atoms with Gasteiger partial charge < -0.3 is 4.90 Å². The largest absolute Gasteiger partial charge is 0.363 e. The number of anilines is 1. The molecule has 1 aromatic rings. The number of rotatable bonds is 5. The first-order valence-corrected chi connectivity index (χ1v) is 17.1. The molecule has 1 heterocycles. The van der Waals surface area contributed by atoms with Crippen molar-refractivity contribution in [3.8, 4) is 0 Å². The van der Waals surface area contributed by atoms with E-state index in [1.54, 1.807) is 0 Å². The highest BCUT2D eigenvalue weighted by molar-refractivity contribution is 7.47. The van der Waals surface area contributed by atoms with E-state index in [0.717, 1.165) is 6.42 Å². The molecular formula is C30H47Cl2NSi. The van der Waals surface area contributed by atoms with Gasteiger partial charge in [-0.3, -0.25) is 0 Å². The second-order valence-electron chi connectivity index (χ2n) is 13.1. The molecule has 1 aliphatic carbocycles. The molecule has 0 N–H and O–H groups in total. The van der Waals surface area contributed by atoms with Crippen molar-refractivity contribution in [3.63, 3.8) is 0 Å². The normalized spacial score (nSPS) is 24.3. The van der Waals surface area contributed by atoms with Crippen LogP contribution in [-0.4, -0.2) is 17.9 Å². The molecular weight excluding hydrogens is 473 g/mol. The second-order valence-corrected chi connectivity index (χ2v) is 20.0. The minimum Gasteiger partial charge on any atom is -0.363 e. The highest BCUT2D eigenvalue weighted by Gasteiger charge is 2.68. The van der Waals surface area contributed by atoms with Crippen LogP contribution < -0.4 is 4.90 Å². The van der Waals surface area contributed by atoms with Crippen molar-refractivity contribution < 1.29 is 0 Å². The molecule has 0 spiro atoms. The van der Waals surface area contributed by atoms with Gasteiger partial charge in [0, 0.05) is 16.3 Å². The molecule has 0 amide bonds. The van der Waals surface area contributed by atoms with Crippen LogP contribution in [-0.2, 0) is 0 Å². The lowest BCUT2D eigenvalue weighted by Crippen LogP contribution is -2.61. The first-order valence-electron chi connectivity index (χ1n) is 13.0. The average molecular weight is 521 g/mol. The molecule has 1 aromatic carbocycles. The Kier molecular flexibility index (Phi) is 7.13. The van der Waals surface area contributed by atoms with E-state index in [2.05, 4.69) is 113 Å². The van der Waals surface area contributed by atoms with Crippen molar-refractivity contribution in [2.75, 3.05) is 4.90 Å². The van der Waals surface area contributed by atoms with Crippen LogP contribution in [0.3, 0.4) is 0 Å². The third-order valence-corrected chi connectivity index (χ3v) is 16.6. The highest BCUT2D eigenvalue weighted by Crippen LogP contribution is 2.67. The number of para-hydroxylation sites is 1. The lowest BCUT2D eigenvalue weighted by Gasteiger charge is -2.51. The summed E-state index contributed by atoms with van der Waals surface area (Å²) in [6.07, 6.45) is 1.06. The van der Waals surface area contributed by atoms with Crippen molar-refractivity contribution in [1.82, 2.24) is 0 Å². The highest BCUT2D eigenvalue weighted by atomic mass is 35.7. The fraction of sp³-hybridized carbons (Fsp3) is 0.667. The van der Waals surface area contributed by atoms with E-state index in [9.17, 15) is 0 Å². The van der Waals surface area contributed by atoms with Crippen LogP contribution in [0, 0.1) is 5.41 Å². The minimum atomic E-state index is -3.00. The molecule has 1 aliphatic heterocycles. The lowest BCUT2D eigenvalue weighted by molar-refractivity contribution is 0.353. The molecule has 2 aliphatic rings. The zero-order valence-electron chi connectivity index (χ0n) is 23.9. The minimum absolute atomic E-state index is 0.0223. The third-order valence-electron chi connectivity index (χ3n) is 9.32. The number of halogens is 2. The summed E-state index contributed by atoms with van der Waals surface area (Å²) < 4.78 is 0. The standard InChI is InChI=1S/C30H47Cl2NSi/c1-18(2)24-15-14-16-25(19(3)4)26(24)33-27(28(9,10)17-29(33,11)12)34(31,32)30(13)22(7)20(5)21(6)23(30)8/h14-16,18-19,27H,17H2,1-13H3. The lowest BCUT2D eigenvalue weighted by atomic mass is 9.85. The first-order chi connectivity index (χ1) is 15.3. The van der Waals surface area contributed by atoms with E-state index in [0.29, 0.717) is 11.8 Å². The van der Waals surface area contributed by atoms with Crippen LogP contribution in [0.1, 0.15) is 119 Å². The monoisotopic (exact) mass is 519 g/mol. The summed E-state index contributed by atoms with van der Waals surface area (Å²) in [4.78, 5) is 2.71. The Morgan fingerprint density at radius 3 is 1.62 bits per heavy atom. The Hall–Kier alpha value is -0.703. The Bertz CT molecular complexity index is 992. The topological polar surface area (TPSA) is 3.24 Å². The maximum atomic E-state index is 7.92. The summed E-state index contributed by atoms with van der Waals surface area (Å²) in [5.41, 5.74) is 9.64. The van der Waals surface area contributed by atoms with Crippen molar-refractivity contribution in [2.24, 2.45) is 5.41 Å². The summed E-state index contributed by atoms with van der Waals surface area (Å²) in [7, 11) is 0.